The van der Waals surface area contributed by atoms with E-state index in [1.807, 2.05) is 0 Å². The van der Waals surface area contributed by atoms with Gasteiger partial charge in [0, 0.05) is 19.5 Å². The Kier molecular flexibility index (Phi) is 10.2. The topological polar surface area (TPSA) is 113 Å². The Hall–Kier alpha value is -1.79. The fourth-order valence-corrected chi connectivity index (χ4v) is 1.33. The maximum Gasteiger partial charge on any atom is 0.314 e. The van der Waals surface area contributed by atoms with Gasteiger partial charge in [-0.3, -0.25) is 9.59 Å². The summed E-state index contributed by atoms with van der Waals surface area (Å²) < 4.78 is 0. The summed E-state index contributed by atoms with van der Waals surface area (Å²) in [5.74, 6) is -0.759. The molecule has 0 aliphatic heterocycles. The lowest BCUT2D eigenvalue weighted by atomic mass is 10.2. The average Bonchev–Trinajstić information content (AvgIpc) is 2.36. The van der Waals surface area contributed by atoms with Crippen LogP contribution in [0.4, 0.5) is 4.79 Å². The number of hydrogen-bond donors (Lipinski definition) is 4. The zero-order chi connectivity index (χ0) is 14.5. The lowest BCUT2D eigenvalue weighted by Crippen LogP contribution is -2.36. The van der Waals surface area contributed by atoms with E-state index in [1.54, 1.807) is 0 Å². The Morgan fingerprint density at radius 2 is 1.58 bits per heavy atom. The second-order valence-corrected chi connectivity index (χ2v) is 4.24. The lowest BCUT2D eigenvalue weighted by Gasteiger charge is -2.07. The molecule has 0 saturated carbocycles. The van der Waals surface area contributed by atoms with E-state index < -0.39 is 5.91 Å². The number of carbonyl (C=O) groups excluding carboxylic acids is 3. The van der Waals surface area contributed by atoms with Crippen LogP contribution in [0, 0.1) is 0 Å². The number of carbonyl (C=O) groups is 3. The summed E-state index contributed by atoms with van der Waals surface area (Å²) in [6.07, 6.45) is 3.70. The van der Waals surface area contributed by atoms with Gasteiger partial charge in [-0.15, -0.1) is 0 Å². The van der Waals surface area contributed by atoms with Crippen molar-refractivity contribution in [1.29, 1.82) is 0 Å². The molecule has 0 bridgehead atoms. The number of rotatable bonds is 10. The first-order chi connectivity index (χ1) is 9.06. The zero-order valence-electron chi connectivity index (χ0n) is 11.5. The molecular formula is C12H24N4O3. The predicted octanol–water partition coefficient (Wildman–Crippen LogP) is -0.142. The molecule has 0 rings (SSSR count). The van der Waals surface area contributed by atoms with E-state index in [0.29, 0.717) is 32.4 Å². The fraction of sp³-hybridized carbons (Fsp3) is 0.750. The van der Waals surface area contributed by atoms with Gasteiger partial charge < -0.3 is 21.7 Å². The van der Waals surface area contributed by atoms with Gasteiger partial charge in [0.15, 0.2) is 0 Å². The number of nitrogens with one attached hydrogen (secondary N) is 3. The molecule has 0 aliphatic carbocycles. The van der Waals surface area contributed by atoms with Gasteiger partial charge in [0.1, 0.15) is 0 Å². The van der Waals surface area contributed by atoms with E-state index in [9.17, 15) is 14.4 Å². The third-order valence-electron chi connectivity index (χ3n) is 2.39. The maximum absolute atomic E-state index is 11.2. The Labute approximate surface area is 113 Å². The van der Waals surface area contributed by atoms with Crippen LogP contribution >= 0.6 is 0 Å². The first kappa shape index (κ1) is 17.2. The normalized spacial score (nSPS) is 9.74. The SMILES string of the molecule is CCCCNC(=O)NCCCCC(=O)NCC(N)=O. The predicted molar refractivity (Wildman–Crippen MR) is 72.4 cm³/mol. The zero-order valence-corrected chi connectivity index (χ0v) is 11.5. The summed E-state index contributed by atoms with van der Waals surface area (Å²) in [5.41, 5.74) is 4.89. The van der Waals surface area contributed by atoms with Crippen LogP contribution in [-0.4, -0.2) is 37.5 Å². The van der Waals surface area contributed by atoms with E-state index in [4.69, 9.17) is 5.73 Å². The first-order valence-corrected chi connectivity index (χ1v) is 6.63. The quantitative estimate of drug-likeness (QED) is 0.415. The summed E-state index contributed by atoms with van der Waals surface area (Å²) in [4.78, 5) is 32.9. The largest absolute Gasteiger partial charge is 0.368 e. The van der Waals surface area contributed by atoms with E-state index in [2.05, 4.69) is 22.9 Å². The van der Waals surface area contributed by atoms with Gasteiger partial charge in [-0.05, 0) is 19.3 Å². The number of hydrogen-bond acceptors (Lipinski definition) is 3. The van der Waals surface area contributed by atoms with Gasteiger partial charge in [-0.1, -0.05) is 13.3 Å². The monoisotopic (exact) mass is 272 g/mol. The Bertz CT molecular complexity index is 295. The molecule has 0 unspecified atom stereocenters. The molecule has 7 heteroatoms. The number of urea groups is 1. The molecule has 19 heavy (non-hydrogen) atoms. The Morgan fingerprint density at radius 3 is 2.16 bits per heavy atom. The number of primary amides is 1. The van der Waals surface area contributed by atoms with Crippen LogP contribution in [0.5, 0.6) is 0 Å². The van der Waals surface area contributed by atoms with Gasteiger partial charge in [-0.2, -0.15) is 0 Å². The standard InChI is InChI=1S/C12H24N4O3/c1-2-3-7-14-12(19)15-8-5-4-6-11(18)16-9-10(13)17/h2-9H2,1H3,(H2,13,17)(H,16,18)(H2,14,15,19). The average molecular weight is 272 g/mol. The van der Waals surface area contributed by atoms with Crippen molar-refractivity contribution >= 4 is 17.8 Å². The minimum absolute atomic E-state index is 0.128. The van der Waals surface area contributed by atoms with E-state index >= 15 is 0 Å². The third-order valence-corrected chi connectivity index (χ3v) is 2.39. The molecule has 0 fully saturated rings. The van der Waals surface area contributed by atoms with Crippen LogP contribution < -0.4 is 21.7 Å². The number of amides is 4. The van der Waals surface area contributed by atoms with Crippen LogP contribution in [-0.2, 0) is 9.59 Å². The van der Waals surface area contributed by atoms with Gasteiger partial charge in [0.2, 0.25) is 11.8 Å². The molecule has 0 aromatic heterocycles. The highest BCUT2D eigenvalue weighted by molar-refractivity contribution is 5.83. The smallest absolute Gasteiger partial charge is 0.314 e. The van der Waals surface area contributed by atoms with Gasteiger partial charge in [0.25, 0.3) is 0 Å². The van der Waals surface area contributed by atoms with Gasteiger partial charge in [0.05, 0.1) is 6.54 Å². The molecule has 0 atom stereocenters. The molecule has 110 valence electrons. The molecule has 0 aromatic carbocycles. The van der Waals surface area contributed by atoms with E-state index in [0.717, 1.165) is 12.8 Å². The summed E-state index contributed by atoms with van der Waals surface area (Å²) in [6.45, 7) is 3.14. The molecule has 0 aromatic rings. The molecule has 0 radical (unpaired) electrons. The highest BCUT2D eigenvalue weighted by Gasteiger charge is 2.03. The highest BCUT2D eigenvalue weighted by atomic mass is 16.2. The molecule has 7 nitrogen and oxygen atoms in total. The molecule has 0 saturated heterocycles. The van der Waals surface area contributed by atoms with E-state index in [-0.39, 0.29) is 18.5 Å². The molecule has 4 amide bonds. The molecular weight excluding hydrogens is 248 g/mol. The molecule has 0 heterocycles. The van der Waals surface area contributed by atoms with Crippen molar-refractivity contribution in [3.8, 4) is 0 Å². The molecule has 0 spiro atoms. The van der Waals surface area contributed by atoms with Crippen molar-refractivity contribution in [2.75, 3.05) is 19.6 Å². The number of unbranched alkanes of at least 4 members (excludes halogenated alkanes) is 2. The van der Waals surface area contributed by atoms with Crippen molar-refractivity contribution in [2.24, 2.45) is 5.73 Å². The van der Waals surface area contributed by atoms with Crippen molar-refractivity contribution in [3.63, 3.8) is 0 Å². The van der Waals surface area contributed by atoms with Crippen LogP contribution in [0.15, 0.2) is 0 Å². The highest BCUT2D eigenvalue weighted by Crippen LogP contribution is 1.93. The lowest BCUT2D eigenvalue weighted by molar-refractivity contribution is -0.124. The van der Waals surface area contributed by atoms with Crippen LogP contribution in [0.25, 0.3) is 0 Å². The third kappa shape index (κ3) is 12.5. The van der Waals surface area contributed by atoms with Crippen LogP contribution in [0.1, 0.15) is 39.0 Å². The van der Waals surface area contributed by atoms with Crippen LogP contribution in [0.3, 0.4) is 0 Å². The summed E-state index contributed by atoms with van der Waals surface area (Å²) in [6, 6.07) is -0.174. The second-order valence-electron chi connectivity index (χ2n) is 4.24. The Morgan fingerprint density at radius 1 is 0.947 bits per heavy atom. The molecule has 5 N–H and O–H groups in total. The van der Waals surface area contributed by atoms with E-state index in [1.165, 1.54) is 0 Å². The van der Waals surface area contributed by atoms with Crippen molar-refractivity contribution < 1.29 is 14.4 Å². The molecule has 0 aliphatic rings. The second kappa shape index (κ2) is 11.3. The van der Waals surface area contributed by atoms with Crippen molar-refractivity contribution in [1.82, 2.24) is 16.0 Å². The minimum atomic E-state index is -0.557. The van der Waals surface area contributed by atoms with Crippen molar-refractivity contribution in [3.05, 3.63) is 0 Å². The van der Waals surface area contributed by atoms with Gasteiger partial charge >= 0.3 is 6.03 Å². The van der Waals surface area contributed by atoms with Gasteiger partial charge in [-0.25, -0.2) is 4.79 Å². The fourth-order valence-electron chi connectivity index (χ4n) is 1.33. The Balaban J connectivity index is 3.36. The maximum atomic E-state index is 11.2. The minimum Gasteiger partial charge on any atom is -0.368 e. The first-order valence-electron chi connectivity index (χ1n) is 6.63. The summed E-state index contributed by atoms with van der Waals surface area (Å²) >= 11 is 0. The summed E-state index contributed by atoms with van der Waals surface area (Å²) in [7, 11) is 0. The summed E-state index contributed by atoms with van der Waals surface area (Å²) in [5, 5.41) is 7.85. The van der Waals surface area contributed by atoms with Crippen molar-refractivity contribution in [2.45, 2.75) is 39.0 Å². The number of nitrogens with two attached hydrogens (primary N) is 1. The van der Waals surface area contributed by atoms with Crippen LogP contribution in [0.2, 0.25) is 0 Å².